The summed E-state index contributed by atoms with van der Waals surface area (Å²) in [4.78, 5) is -0.0644. The third-order valence-electron chi connectivity index (χ3n) is 4.85. The van der Waals surface area contributed by atoms with Crippen LogP contribution in [0.1, 0.15) is 24.0 Å². The van der Waals surface area contributed by atoms with Crippen molar-refractivity contribution >= 4 is 21.5 Å². The Hall–Kier alpha value is -3.31. The van der Waals surface area contributed by atoms with Crippen molar-refractivity contribution in [1.82, 2.24) is 0 Å². The van der Waals surface area contributed by atoms with Gasteiger partial charge in [-0.25, -0.2) is 12.8 Å². The molecule has 0 amide bonds. The quantitative estimate of drug-likeness (QED) is 0.840. The average molecular weight is 397 g/mol. The first-order chi connectivity index (χ1) is 13.4. The molecule has 1 unspecified atom stereocenters. The van der Waals surface area contributed by atoms with E-state index in [1.54, 1.807) is 31.2 Å². The van der Waals surface area contributed by atoms with E-state index in [1.165, 1.54) is 28.6 Å². The molecule has 2 N–H and O–H groups in total. The van der Waals surface area contributed by atoms with Gasteiger partial charge in [-0.05, 0) is 36.8 Å². The number of sulfonamides is 1. The lowest BCUT2D eigenvalue weighted by Gasteiger charge is -2.37. The summed E-state index contributed by atoms with van der Waals surface area (Å²) in [7, 11) is -4.01. The number of hydrogen-bond donors (Lipinski definition) is 1. The molecule has 2 aromatic rings. The van der Waals surface area contributed by atoms with Crippen molar-refractivity contribution in [1.29, 1.82) is 5.26 Å². The topological polar surface area (TPSA) is 96.4 Å². The van der Waals surface area contributed by atoms with Gasteiger partial charge in [0.2, 0.25) is 5.88 Å². The lowest BCUT2D eigenvalue weighted by atomic mass is 9.88. The fourth-order valence-electron chi connectivity index (χ4n) is 3.64. The standard InChI is InChI=1S/C20H16FN3O3S/c1-2-24-16-6-4-3-5-14(16)18-19(28(24,25)26)17(15(11-22)20(23)27-18)12-7-9-13(21)10-8-12/h3-10,17H,2,23H2,1H3. The number of nitriles is 1. The van der Waals surface area contributed by atoms with Gasteiger partial charge in [-0.2, -0.15) is 5.26 Å². The van der Waals surface area contributed by atoms with Crippen LogP contribution in [-0.2, 0) is 14.8 Å². The summed E-state index contributed by atoms with van der Waals surface area (Å²) in [5.41, 5.74) is 7.45. The lowest BCUT2D eigenvalue weighted by Crippen LogP contribution is -2.39. The zero-order valence-corrected chi connectivity index (χ0v) is 15.7. The highest BCUT2D eigenvalue weighted by Gasteiger charge is 2.46. The van der Waals surface area contributed by atoms with Crippen molar-refractivity contribution in [2.75, 3.05) is 10.8 Å². The molecular formula is C20H16FN3O3S. The number of benzene rings is 2. The molecule has 0 aliphatic carbocycles. The van der Waals surface area contributed by atoms with Crippen LogP contribution in [0.2, 0.25) is 0 Å². The third kappa shape index (κ3) is 2.47. The Bertz CT molecular complexity index is 1180. The number of nitrogens with two attached hydrogens (primary N) is 1. The number of ether oxygens (including phenoxy) is 1. The SMILES string of the molecule is CCN1c2ccccc2C2=C(C(c3ccc(F)cc3)C(C#N)=C(N)O2)S1(=O)=O. The molecule has 0 fully saturated rings. The van der Waals surface area contributed by atoms with Gasteiger partial charge < -0.3 is 10.5 Å². The minimum Gasteiger partial charge on any atom is -0.439 e. The van der Waals surface area contributed by atoms with Gasteiger partial charge in [-0.15, -0.1) is 0 Å². The van der Waals surface area contributed by atoms with E-state index in [0.717, 1.165) is 0 Å². The molecule has 4 rings (SSSR count). The molecule has 2 heterocycles. The summed E-state index contributed by atoms with van der Waals surface area (Å²) >= 11 is 0. The average Bonchev–Trinajstić information content (AvgIpc) is 2.68. The maximum Gasteiger partial charge on any atom is 0.265 e. The molecule has 0 aromatic heterocycles. The van der Waals surface area contributed by atoms with Gasteiger partial charge in [-0.1, -0.05) is 24.3 Å². The molecule has 6 nitrogen and oxygen atoms in total. The minimum atomic E-state index is -4.01. The molecule has 0 saturated carbocycles. The predicted molar refractivity (Wildman–Crippen MR) is 102 cm³/mol. The van der Waals surface area contributed by atoms with E-state index in [1.807, 2.05) is 6.07 Å². The first-order valence-electron chi connectivity index (χ1n) is 8.59. The minimum absolute atomic E-state index is 0.0237. The number of rotatable bonds is 2. The molecule has 0 saturated heterocycles. The van der Waals surface area contributed by atoms with Crippen LogP contribution in [0.5, 0.6) is 0 Å². The second-order valence-electron chi connectivity index (χ2n) is 6.36. The monoisotopic (exact) mass is 397 g/mol. The highest BCUT2D eigenvalue weighted by molar-refractivity contribution is 7.97. The summed E-state index contributed by atoms with van der Waals surface area (Å²) in [5.74, 6) is -1.51. The van der Waals surface area contributed by atoms with Crippen molar-refractivity contribution in [3.05, 3.63) is 81.8 Å². The second-order valence-corrected chi connectivity index (χ2v) is 8.19. The maximum atomic E-state index is 13.5. The molecule has 28 heavy (non-hydrogen) atoms. The van der Waals surface area contributed by atoms with Crippen LogP contribution in [0.15, 0.2) is 64.9 Å². The summed E-state index contributed by atoms with van der Waals surface area (Å²) in [6.45, 7) is 1.93. The Morgan fingerprint density at radius 2 is 1.89 bits per heavy atom. The van der Waals surface area contributed by atoms with Crippen LogP contribution in [0.3, 0.4) is 0 Å². The van der Waals surface area contributed by atoms with Crippen LogP contribution in [0.25, 0.3) is 5.76 Å². The van der Waals surface area contributed by atoms with Gasteiger partial charge in [0, 0.05) is 12.1 Å². The van der Waals surface area contributed by atoms with E-state index in [4.69, 9.17) is 10.5 Å². The van der Waals surface area contributed by atoms with E-state index in [-0.39, 0.29) is 28.7 Å². The molecule has 142 valence electrons. The fourth-order valence-corrected chi connectivity index (χ4v) is 5.57. The first kappa shape index (κ1) is 18.1. The summed E-state index contributed by atoms with van der Waals surface area (Å²) in [6.07, 6.45) is 0. The van der Waals surface area contributed by atoms with Gasteiger partial charge in [0.15, 0.2) is 5.76 Å². The van der Waals surface area contributed by atoms with Crippen LogP contribution < -0.4 is 10.0 Å². The van der Waals surface area contributed by atoms with E-state index in [2.05, 4.69) is 0 Å². The molecule has 0 radical (unpaired) electrons. The van der Waals surface area contributed by atoms with Gasteiger partial charge in [0.25, 0.3) is 10.0 Å². The maximum absolute atomic E-state index is 13.5. The smallest absolute Gasteiger partial charge is 0.265 e. The van der Waals surface area contributed by atoms with Gasteiger partial charge in [0.1, 0.15) is 22.4 Å². The van der Waals surface area contributed by atoms with Crippen LogP contribution in [0, 0.1) is 17.1 Å². The molecule has 0 bridgehead atoms. The van der Waals surface area contributed by atoms with Crippen molar-refractivity contribution in [3.8, 4) is 6.07 Å². The Kier molecular flexibility index (Phi) is 4.12. The first-order valence-corrected chi connectivity index (χ1v) is 10.0. The molecule has 0 spiro atoms. The number of para-hydroxylation sites is 1. The number of fused-ring (bicyclic) bond motifs is 2. The van der Waals surface area contributed by atoms with Crippen LogP contribution in [-0.4, -0.2) is 15.0 Å². The van der Waals surface area contributed by atoms with Crippen LogP contribution >= 0.6 is 0 Å². The zero-order chi connectivity index (χ0) is 20.1. The van der Waals surface area contributed by atoms with Crippen LogP contribution in [0.4, 0.5) is 10.1 Å². The highest BCUT2D eigenvalue weighted by Crippen LogP contribution is 2.50. The van der Waals surface area contributed by atoms with Gasteiger partial charge in [-0.3, -0.25) is 4.31 Å². The van der Waals surface area contributed by atoms with Crippen molar-refractivity contribution in [2.24, 2.45) is 5.73 Å². The number of nitrogens with zero attached hydrogens (tertiary/aromatic N) is 2. The summed E-state index contributed by atoms with van der Waals surface area (Å²) in [6, 6.07) is 14.2. The van der Waals surface area contributed by atoms with E-state index < -0.39 is 21.8 Å². The molecule has 1 atom stereocenters. The third-order valence-corrected chi connectivity index (χ3v) is 6.86. The highest BCUT2D eigenvalue weighted by atomic mass is 32.2. The summed E-state index contributed by atoms with van der Waals surface area (Å²) < 4.78 is 47.4. The summed E-state index contributed by atoms with van der Waals surface area (Å²) in [5, 5.41) is 9.65. The van der Waals surface area contributed by atoms with Crippen molar-refractivity contribution < 1.29 is 17.5 Å². The molecule has 2 aliphatic heterocycles. The Morgan fingerprint density at radius 1 is 1.21 bits per heavy atom. The van der Waals surface area contributed by atoms with E-state index in [9.17, 15) is 18.1 Å². The Balaban J connectivity index is 2.07. The normalized spacial score (nSPS) is 20.2. The molecule has 2 aliphatic rings. The molecule has 8 heteroatoms. The predicted octanol–water partition coefficient (Wildman–Crippen LogP) is 3.17. The molecular weight excluding hydrogens is 381 g/mol. The zero-order valence-electron chi connectivity index (χ0n) is 14.9. The van der Waals surface area contributed by atoms with E-state index >= 15 is 0 Å². The van der Waals surface area contributed by atoms with E-state index in [0.29, 0.717) is 16.8 Å². The largest absolute Gasteiger partial charge is 0.439 e. The molecule has 2 aromatic carbocycles. The van der Waals surface area contributed by atoms with Crippen molar-refractivity contribution in [3.63, 3.8) is 0 Å². The van der Waals surface area contributed by atoms with Gasteiger partial charge >= 0.3 is 0 Å². The number of anilines is 1. The Labute approximate surface area is 162 Å². The number of allylic oxidation sites excluding steroid dienone is 2. The number of halogens is 1. The lowest BCUT2D eigenvalue weighted by molar-refractivity contribution is 0.357. The van der Waals surface area contributed by atoms with Crippen molar-refractivity contribution in [2.45, 2.75) is 12.8 Å². The second kappa shape index (κ2) is 6.39. The number of hydrogen-bond acceptors (Lipinski definition) is 5. The fraction of sp³-hybridized carbons (Fsp3) is 0.150. The Morgan fingerprint density at radius 3 is 2.54 bits per heavy atom. The van der Waals surface area contributed by atoms with Gasteiger partial charge in [0.05, 0.1) is 11.6 Å².